The Morgan fingerprint density at radius 3 is 2.82 bits per heavy atom. The van der Waals surface area contributed by atoms with E-state index in [9.17, 15) is 9.18 Å². The van der Waals surface area contributed by atoms with Gasteiger partial charge in [-0.2, -0.15) is 0 Å². The van der Waals surface area contributed by atoms with Crippen LogP contribution in [0.2, 0.25) is 0 Å². The predicted molar refractivity (Wildman–Crippen MR) is 80.4 cm³/mol. The minimum Gasteiger partial charge on any atom is -0.491 e. The molecule has 6 nitrogen and oxygen atoms in total. The third-order valence-electron chi connectivity index (χ3n) is 3.08. The molecule has 0 aliphatic heterocycles. The average Bonchev–Trinajstić information content (AvgIpc) is 2.97. The summed E-state index contributed by atoms with van der Waals surface area (Å²) in [6.45, 7) is 4.60. The predicted octanol–water partition coefficient (Wildman–Crippen LogP) is 3.36. The van der Waals surface area contributed by atoms with Gasteiger partial charge in [-0.15, -0.1) is 0 Å². The Labute approximate surface area is 127 Å². The Morgan fingerprint density at radius 2 is 2.18 bits per heavy atom. The number of amides is 2. The van der Waals surface area contributed by atoms with Gasteiger partial charge in [0, 0.05) is 25.2 Å². The maximum absolute atomic E-state index is 13.8. The van der Waals surface area contributed by atoms with Crippen LogP contribution in [0.15, 0.2) is 28.8 Å². The van der Waals surface area contributed by atoms with Gasteiger partial charge in [0.25, 0.3) is 0 Å². The molecule has 7 heteroatoms. The van der Waals surface area contributed by atoms with Crippen LogP contribution in [-0.2, 0) is 0 Å². The van der Waals surface area contributed by atoms with Gasteiger partial charge >= 0.3 is 6.03 Å². The second-order valence-corrected chi connectivity index (χ2v) is 4.60. The van der Waals surface area contributed by atoms with Crippen molar-refractivity contribution in [2.24, 2.45) is 0 Å². The zero-order valence-electron chi connectivity index (χ0n) is 12.7. The van der Waals surface area contributed by atoms with Gasteiger partial charge in [-0.1, -0.05) is 5.16 Å². The zero-order chi connectivity index (χ0) is 16.1. The Kier molecular flexibility index (Phi) is 4.98. The third-order valence-corrected chi connectivity index (χ3v) is 3.08. The number of nitrogens with zero attached hydrogens (tertiary/aromatic N) is 2. The number of hydrogen-bond acceptors (Lipinski definition) is 4. The molecule has 1 heterocycles. The molecule has 0 saturated carbocycles. The molecule has 2 aromatic rings. The van der Waals surface area contributed by atoms with Gasteiger partial charge in [-0.05, 0) is 32.0 Å². The van der Waals surface area contributed by atoms with E-state index in [0.29, 0.717) is 24.5 Å². The van der Waals surface area contributed by atoms with E-state index in [1.165, 1.54) is 23.1 Å². The van der Waals surface area contributed by atoms with Crippen LogP contribution in [0.25, 0.3) is 11.3 Å². The smallest absolute Gasteiger partial charge is 0.322 e. The molecule has 118 valence electrons. The molecule has 0 aliphatic rings. The summed E-state index contributed by atoms with van der Waals surface area (Å²) in [4.78, 5) is 13.2. The highest BCUT2D eigenvalue weighted by Crippen LogP contribution is 2.27. The van der Waals surface area contributed by atoms with Crippen molar-refractivity contribution in [3.8, 4) is 17.1 Å². The molecule has 0 aliphatic carbocycles. The van der Waals surface area contributed by atoms with Crippen molar-refractivity contribution >= 4 is 11.8 Å². The Balaban J connectivity index is 2.14. The second-order valence-electron chi connectivity index (χ2n) is 4.60. The lowest BCUT2D eigenvalue weighted by molar-refractivity contribution is 0.224. The zero-order valence-corrected chi connectivity index (χ0v) is 12.7. The largest absolute Gasteiger partial charge is 0.491 e. The minimum atomic E-state index is -0.480. The molecule has 2 rings (SSSR count). The monoisotopic (exact) mass is 307 g/mol. The molecule has 0 unspecified atom stereocenters. The number of aromatic nitrogens is 1. The molecule has 0 saturated heterocycles. The molecule has 22 heavy (non-hydrogen) atoms. The summed E-state index contributed by atoms with van der Waals surface area (Å²) >= 11 is 0. The van der Waals surface area contributed by atoms with Crippen LogP contribution >= 0.6 is 0 Å². The summed E-state index contributed by atoms with van der Waals surface area (Å²) in [6.07, 6.45) is 0. The number of rotatable bonds is 5. The molecule has 0 atom stereocenters. The van der Waals surface area contributed by atoms with Crippen LogP contribution in [-0.4, -0.2) is 36.3 Å². The lowest BCUT2D eigenvalue weighted by Crippen LogP contribution is -2.30. The number of nitrogens with one attached hydrogen (secondary N) is 1. The molecule has 1 aromatic carbocycles. The number of urea groups is 1. The lowest BCUT2D eigenvalue weighted by Gasteiger charge is -2.13. The number of hydrogen-bond donors (Lipinski definition) is 1. The van der Waals surface area contributed by atoms with E-state index >= 15 is 0 Å². The molecule has 0 bridgehead atoms. The fraction of sp³-hybridized carbons (Fsp3) is 0.333. The Bertz CT molecular complexity index is 657. The highest BCUT2D eigenvalue weighted by molar-refractivity contribution is 5.88. The van der Waals surface area contributed by atoms with E-state index in [1.54, 1.807) is 20.0 Å². The topological polar surface area (TPSA) is 67.6 Å². The van der Waals surface area contributed by atoms with Gasteiger partial charge in [-0.3, -0.25) is 5.32 Å². The minimum absolute atomic E-state index is 0.184. The highest BCUT2D eigenvalue weighted by atomic mass is 19.1. The number of carbonyl (C=O) groups excluding carboxylic acids is 1. The molecular weight excluding hydrogens is 289 g/mol. The quantitative estimate of drug-likeness (QED) is 0.919. The Morgan fingerprint density at radius 1 is 1.41 bits per heavy atom. The van der Waals surface area contributed by atoms with Gasteiger partial charge in [0.05, 0.1) is 6.61 Å². The second kappa shape index (κ2) is 6.93. The van der Waals surface area contributed by atoms with E-state index in [1.807, 2.05) is 6.92 Å². The SMILES string of the molecule is CCOc1ccc(-c2cc(NC(=O)N(C)CC)no2)cc1F. The van der Waals surface area contributed by atoms with Crippen molar-refractivity contribution in [3.05, 3.63) is 30.1 Å². The Hall–Kier alpha value is -2.57. The fourth-order valence-electron chi connectivity index (χ4n) is 1.75. The standard InChI is InChI=1S/C15H18FN3O3/c1-4-19(3)15(20)17-14-9-13(22-18-14)10-6-7-12(21-5-2)11(16)8-10/h6-9H,4-5H2,1-3H3,(H,17,18,20). The number of anilines is 1. The summed E-state index contributed by atoms with van der Waals surface area (Å²) in [5.74, 6) is 0.335. The first kappa shape index (κ1) is 15.8. The van der Waals surface area contributed by atoms with E-state index in [4.69, 9.17) is 9.26 Å². The van der Waals surface area contributed by atoms with Crippen molar-refractivity contribution < 1.29 is 18.4 Å². The molecular formula is C15H18FN3O3. The van der Waals surface area contributed by atoms with Gasteiger partial charge in [-0.25, -0.2) is 9.18 Å². The van der Waals surface area contributed by atoms with Crippen molar-refractivity contribution in [3.63, 3.8) is 0 Å². The molecule has 2 amide bonds. The summed E-state index contributed by atoms with van der Waals surface area (Å²) < 4.78 is 24.1. The molecule has 0 radical (unpaired) electrons. The van der Waals surface area contributed by atoms with Crippen molar-refractivity contribution in [2.45, 2.75) is 13.8 Å². The van der Waals surface area contributed by atoms with E-state index < -0.39 is 5.82 Å². The van der Waals surface area contributed by atoms with Crippen LogP contribution in [0.3, 0.4) is 0 Å². The summed E-state index contributed by atoms with van der Waals surface area (Å²) in [6, 6.07) is 5.74. The third kappa shape index (κ3) is 3.55. The van der Waals surface area contributed by atoms with Gasteiger partial charge in [0.15, 0.2) is 23.1 Å². The van der Waals surface area contributed by atoms with Gasteiger partial charge in [0.2, 0.25) is 0 Å². The number of carbonyl (C=O) groups is 1. The normalized spacial score (nSPS) is 10.4. The van der Waals surface area contributed by atoms with Crippen molar-refractivity contribution in [1.29, 1.82) is 0 Å². The first-order valence-electron chi connectivity index (χ1n) is 6.96. The summed E-state index contributed by atoms with van der Waals surface area (Å²) in [7, 11) is 1.66. The summed E-state index contributed by atoms with van der Waals surface area (Å²) in [5.41, 5.74) is 0.512. The maximum Gasteiger partial charge on any atom is 0.322 e. The maximum atomic E-state index is 13.8. The number of benzene rings is 1. The molecule has 1 N–H and O–H groups in total. The average molecular weight is 307 g/mol. The number of ether oxygens (including phenoxy) is 1. The van der Waals surface area contributed by atoms with Gasteiger partial charge < -0.3 is 14.2 Å². The molecule has 0 spiro atoms. The van der Waals surface area contributed by atoms with E-state index in [-0.39, 0.29) is 17.6 Å². The van der Waals surface area contributed by atoms with Gasteiger partial charge in [0.1, 0.15) is 0 Å². The summed E-state index contributed by atoms with van der Waals surface area (Å²) in [5, 5.41) is 6.34. The van der Waals surface area contributed by atoms with Crippen LogP contribution in [0, 0.1) is 5.82 Å². The molecule has 1 aromatic heterocycles. The molecule has 0 fully saturated rings. The lowest BCUT2D eigenvalue weighted by atomic mass is 10.1. The first-order valence-corrected chi connectivity index (χ1v) is 6.96. The van der Waals surface area contributed by atoms with Crippen LogP contribution < -0.4 is 10.1 Å². The fourth-order valence-corrected chi connectivity index (χ4v) is 1.75. The first-order chi connectivity index (χ1) is 10.5. The van der Waals surface area contributed by atoms with E-state index in [2.05, 4.69) is 10.5 Å². The van der Waals surface area contributed by atoms with E-state index in [0.717, 1.165) is 0 Å². The van der Waals surface area contributed by atoms with Crippen LogP contribution in [0.1, 0.15) is 13.8 Å². The number of halogens is 1. The van der Waals surface area contributed by atoms with Crippen LogP contribution in [0.5, 0.6) is 5.75 Å². The van der Waals surface area contributed by atoms with Crippen molar-refractivity contribution in [2.75, 3.05) is 25.5 Å². The highest BCUT2D eigenvalue weighted by Gasteiger charge is 2.13. The van der Waals surface area contributed by atoms with Crippen molar-refractivity contribution in [1.82, 2.24) is 10.1 Å². The van der Waals surface area contributed by atoms with Crippen LogP contribution in [0.4, 0.5) is 15.0 Å².